The van der Waals surface area contributed by atoms with Crippen LogP contribution in [0.15, 0.2) is 29.3 Å². The van der Waals surface area contributed by atoms with Crippen molar-refractivity contribution in [2.45, 2.75) is 57.8 Å². The number of nitrogens with zero attached hydrogens (tertiary/aromatic N) is 3. The Hall–Kier alpha value is -2.22. The first-order valence-corrected chi connectivity index (χ1v) is 11.0. The fourth-order valence-electron chi connectivity index (χ4n) is 4.41. The van der Waals surface area contributed by atoms with Crippen molar-refractivity contribution >= 4 is 22.6 Å². The first-order chi connectivity index (χ1) is 14.5. The maximum Gasteiger partial charge on any atom is 0.365 e. The Morgan fingerprint density at radius 2 is 1.90 bits per heavy atom. The van der Waals surface area contributed by atoms with Crippen LogP contribution in [-0.4, -0.2) is 60.5 Å². The highest BCUT2D eigenvalue weighted by Gasteiger charge is 2.27. The van der Waals surface area contributed by atoms with E-state index in [0.29, 0.717) is 12.1 Å². The number of ether oxygens (including phenoxy) is 1. The van der Waals surface area contributed by atoms with Crippen molar-refractivity contribution in [3.8, 4) is 0 Å². The van der Waals surface area contributed by atoms with Gasteiger partial charge in [-0.3, -0.25) is 0 Å². The molecule has 3 heterocycles. The number of piperidine rings is 1. The van der Waals surface area contributed by atoms with Gasteiger partial charge in [-0.05, 0) is 57.2 Å². The summed E-state index contributed by atoms with van der Waals surface area (Å²) >= 11 is 0. The Morgan fingerprint density at radius 1 is 1.20 bits per heavy atom. The van der Waals surface area contributed by atoms with E-state index in [1.165, 1.54) is 5.56 Å². The number of aromatic nitrogens is 1. The van der Waals surface area contributed by atoms with E-state index in [0.717, 1.165) is 74.3 Å². The molecule has 0 amide bonds. The lowest BCUT2D eigenvalue weighted by atomic mass is 10.0. The van der Waals surface area contributed by atoms with Gasteiger partial charge < -0.3 is 25.8 Å². The fraction of sp³-hybridized carbons (Fsp3) is 0.565. The Labute approximate surface area is 178 Å². The van der Waals surface area contributed by atoms with Gasteiger partial charge >= 0.3 is 5.90 Å². The van der Waals surface area contributed by atoms with Crippen molar-refractivity contribution in [2.24, 2.45) is 10.7 Å². The summed E-state index contributed by atoms with van der Waals surface area (Å²) in [7, 11) is 0. The highest BCUT2D eigenvalue weighted by molar-refractivity contribution is 6.01. The van der Waals surface area contributed by atoms with E-state index >= 15 is 0 Å². The van der Waals surface area contributed by atoms with E-state index in [1.807, 2.05) is 6.07 Å². The Bertz CT molecular complexity index is 900. The normalized spacial score (nSPS) is 20.6. The zero-order valence-electron chi connectivity index (χ0n) is 18.0. The number of hydrogen-bond acceptors (Lipinski definition) is 6. The van der Waals surface area contributed by atoms with E-state index in [2.05, 4.69) is 40.3 Å². The molecule has 2 aliphatic rings. The molecule has 1 aromatic carbocycles. The third kappa shape index (κ3) is 4.91. The van der Waals surface area contributed by atoms with E-state index in [-0.39, 0.29) is 5.90 Å². The first kappa shape index (κ1) is 21.0. The molecule has 1 aromatic heterocycles. The minimum Gasteiger partial charge on any atom is -0.578 e. The van der Waals surface area contributed by atoms with Gasteiger partial charge in [0.2, 0.25) is 0 Å². The molecule has 2 fully saturated rings. The summed E-state index contributed by atoms with van der Waals surface area (Å²) in [5, 5.41) is 13.4. The maximum absolute atomic E-state index is 8.51. The molecule has 0 radical (unpaired) electrons. The Morgan fingerprint density at radius 3 is 2.60 bits per heavy atom. The summed E-state index contributed by atoms with van der Waals surface area (Å²) < 4.78 is 5.48. The number of pyridine rings is 1. The second-order valence-electron chi connectivity index (χ2n) is 8.59. The van der Waals surface area contributed by atoms with Gasteiger partial charge in [-0.1, -0.05) is 12.1 Å². The standard InChI is InChI=1S/C23H33N5O2/c1-15-3-4-17-14-20(23(29)25-16(2)24)22(27-21(17)13-15)28-9-5-18(6-10-28)26-19-7-11-30-12-8-19/h3-4,13-14,16,18-19,26H,5-12,24H2,1-2H3,(H,25,29)/p+1. The van der Waals surface area contributed by atoms with Gasteiger partial charge in [-0.25, -0.2) is 4.98 Å². The van der Waals surface area contributed by atoms with Gasteiger partial charge in [0.1, 0.15) is 17.5 Å². The van der Waals surface area contributed by atoms with Crippen LogP contribution in [0.1, 0.15) is 43.7 Å². The molecule has 1 unspecified atom stereocenters. The highest BCUT2D eigenvalue weighted by atomic mass is 16.5. The predicted octanol–water partition coefficient (Wildman–Crippen LogP) is 2.06. The molecule has 4 rings (SSSR count). The summed E-state index contributed by atoms with van der Waals surface area (Å²) in [6, 6.07) is 9.39. The van der Waals surface area contributed by atoms with E-state index in [4.69, 9.17) is 20.6 Å². The van der Waals surface area contributed by atoms with E-state index in [9.17, 15) is 0 Å². The number of nitrogens with one attached hydrogen (secondary N) is 1. The van der Waals surface area contributed by atoms with Crippen LogP contribution in [0.5, 0.6) is 0 Å². The quantitative estimate of drug-likeness (QED) is 0.445. The molecule has 1 atom stereocenters. The minimum atomic E-state index is -0.409. The van der Waals surface area contributed by atoms with Gasteiger partial charge in [0.05, 0.1) is 5.52 Å². The Kier molecular flexibility index (Phi) is 6.51. The topological polar surface area (TPSA) is 98.7 Å². The lowest BCUT2D eigenvalue weighted by Gasteiger charge is -2.36. The van der Waals surface area contributed by atoms with E-state index in [1.54, 1.807) is 6.92 Å². The van der Waals surface area contributed by atoms with Crippen LogP contribution >= 0.6 is 0 Å². The van der Waals surface area contributed by atoms with Gasteiger partial charge in [0.15, 0.2) is 0 Å². The SMILES string of the molecule is Cc1ccc2cc(/C([OH2+])=N/C(C)N)c(N3CCC(NC4CCOCC4)CC3)nc2c1. The van der Waals surface area contributed by atoms with Crippen LogP contribution in [0.4, 0.5) is 5.82 Å². The second kappa shape index (κ2) is 9.29. The smallest absolute Gasteiger partial charge is 0.365 e. The summed E-state index contributed by atoms with van der Waals surface area (Å²) in [4.78, 5) is 11.6. The fourth-order valence-corrected chi connectivity index (χ4v) is 4.41. The number of nitrogens with two attached hydrogens (primary N) is 1. The molecule has 2 saturated heterocycles. The molecule has 7 nitrogen and oxygen atoms in total. The molecule has 0 bridgehead atoms. The molecule has 0 aliphatic carbocycles. The molecule has 5 N–H and O–H groups in total. The molecule has 0 saturated carbocycles. The van der Waals surface area contributed by atoms with Gasteiger partial charge in [0.25, 0.3) is 0 Å². The highest BCUT2D eigenvalue weighted by Crippen LogP contribution is 2.28. The molecular weight excluding hydrogens is 378 g/mol. The number of aryl methyl sites for hydroxylation is 1. The van der Waals surface area contributed by atoms with Crippen molar-refractivity contribution in [3.63, 3.8) is 0 Å². The van der Waals surface area contributed by atoms with Crippen molar-refractivity contribution < 1.29 is 9.84 Å². The number of rotatable bonds is 5. The largest absolute Gasteiger partial charge is 0.578 e. The summed E-state index contributed by atoms with van der Waals surface area (Å²) in [6.07, 6.45) is 3.94. The zero-order chi connectivity index (χ0) is 21.1. The molecular formula is C23H34N5O2+. The van der Waals surface area contributed by atoms with Crippen LogP contribution in [-0.2, 0) is 4.74 Å². The van der Waals surface area contributed by atoms with Crippen LogP contribution in [0, 0.1) is 6.92 Å². The summed E-state index contributed by atoms with van der Waals surface area (Å²) in [6.45, 7) is 7.44. The third-order valence-corrected chi connectivity index (χ3v) is 6.03. The molecule has 2 aromatic rings. The molecule has 7 heteroatoms. The average Bonchev–Trinajstić information content (AvgIpc) is 2.73. The molecule has 0 spiro atoms. The number of fused-ring (bicyclic) bond motifs is 1. The van der Waals surface area contributed by atoms with Crippen LogP contribution in [0.3, 0.4) is 0 Å². The predicted molar refractivity (Wildman–Crippen MR) is 122 cm³/mol. The zero-order valence-corrected chi connectivity index (χ0v) is 18.0. The van der Waals surface area contributed by atoms with Gasteiger partial charge in [-0.2, -0.15) is 4.99 Å². The van der Waals surface area contributed by atoms with Crippen LogP contribution in [0.25, 0.3) is 10.9 Å². The first-order valence-electron chi connectivity index (χ1n) is 11.0. The number of hydrogen-bond donors (Lipinski definition) is 2. The number of anilines is 1. The lowest BCUT2D eigenvalue weighted by Crippen LogP contribution is -2.48. The van der Waals surface area contributed by atoms with Crippen molar-refractivity contribution in [1.82, 2.24) is 10.3 Å². The third-order valence-electron chi connectivity index (χ3n) is 6.03. The lowest BCUT2D eigenvalue weighted by molar-refractivity contribution is 0.0738. The molecule has 2 aliphatic heterocycles. The number of aliphatic imine (C=N–C) groups is 1. The maximum atomic E-state index is 8.51. The van der Waals surface area contributed by atoms with Gasteiger partial charge in [-0.15, -0.1) is 0 Å². The van der Waals surface area contributed by atoms with Crippen LogP contribution < -0.4 is 16.0 Å². The Balaban J connectivity index is 1.56. The monoisotopic (exact) mass is 412 g/mol. The van der Waals surface area contributed by atoms with Crippen molar-refractivity contribution in [1.29, 1.82) is 0 Å². The van der Waals surface area contributed by atoms with Crippen molar-refractivity contribution in [2.75, 3.05) is 31.2 Å². The summed E-state index contributed by atoms with van der Waals surface area (Å²) in [5.41, 5.74) is 8.75. The second-order valence-corrected chi connectivity index (χ2v) is 8.59. The van der Waals surface area contributed by atoms with Crippen molar-refractivity contribution in [3.05, 3.63) is 35.4 Å². The summed E-state index contributed by atoms with van der Waals surface area (Å²) in [5.74, 6) is 1.06. The van der Waals surface area contributed by atoms with Gasteiger partial charge in [0, 0.05) is 43.8 Å². The van der Waals surface area contributed by atoms with Crippen LogP contribution in [0.2, 0.25) is 0 Å². The van der Waals surface area contributed by atoms with E-state index < -0.39 is 6.17 Å². The number of benzene rings is 1. The molecule has 162 valence electrons. The molecule has 30 heavy (non-hydrogen) atoms. The minimum absolute atomic E-state index is 0.206. The average molecular weight is 413 g/mol.